The van der Waals surface area contributed by atoms with Crippen LogP contribution in [0.4, 0.5) is 0 Å². The zero-order valence-corrected chi connectivity index (χ0v) is 15.2. The van der Waals surface area contributed by atoms with Gasteiger partial charge in [0, 0.05) is 29.7 Å². The van der Waals surface area contributed by atoms with E-state index >= 15 is 0 Å². The minimum absolute atomic E-state index is 0.214. The average Bonchev–Trinajstić information content (AvgIpc) is 2.99. The first-order chi connectivity index (χ1) is 12.6. The van der Waals surface area contributed by atoms with Crippen molar-refractivity contribution in [2.45, 2.75) is 19.6 Å². The molecular formula is C18H20N2O5S. The van der Waals surface area contributed by atoms with E-state index in [-0.39, 0.29) is 17.3 Å². The molecule has 0 aliphatic carbocycles. The van der Waals surface area contributed by atoms with Crippen LogP contribution < -0.4 is 4.87 Å². The van der Waals surface area contributed by atoms with Crippen LogP contribution in [0.1, 0.15) is 17.4 Å². The number of rotatable bonds is 5. The number of esters is 1. The van der Waals surface area contributed by atoms with Gasteiger partial charge in [0.25, 0.3) is 5.91 Å². The second kappa shape index (κ2) is 8.29. The van der Waals surface area contributed by atoms with Gasteiger partial charge in [-0.1, -0.05) is 41.7 Å². The van der Waals surface area contributed by atoms with Gasteiger partial charge in [-0.15, -0.1) is 0 Å². The van der Waals surface area contributed by atoms with E-state index < -0.39 is 12.1 Å². The number of aryl methyl sites for hydroxylation is 1. The largest absolute Gasteiger partial charge is 0.446 e. The summed E-state index contributed by atoms with van der Waals surface area (Å²) in [5, 5.41) is 1.68. The third-order valence-corrected chi connectivity index (χ3v) is 5.04. The number of benzene rings is 1. The van der Waals surface area contributed by atoms with Crippen molar-refractivity contribution in [2.24, 2.45) is 0 Å². The molecule has 0 bridgehead atoms. The van der Waals surface area contributed by atoms with Crippen LogP contribution in [-0.2, 0) is 25.6 Å². The van der Waals surface area contributed by atoms with Crippen LogP contribution in [0.2, 0.25) is 0 Å². The first-order valence-corrected chi connectivity index (χ1v) is 9.20. The maximum atomic E-state index is 12.9. The standard InChI is InChI=1S/C18H20N2O5S/c1-13-12-26-18(23)20(13)11-15(21)25-16(14-5-3-2-4-6-14)17(22)19-7-9-24-10-8-19/h2-6,12,16H,7-11H2,1H3/t16-/m1/s1. The van der Waals surface area contributed by atoms with Gasteiger partial charge in [0.05, 0.1) is 13.2 Å². The average molecular weight is 376 g/mol. The molecule has 0 N–H and O–H groups in total. The molecule has 1 aromatic heterocycles. The molecule has 0 spiro atoms. The molecule has 1 aliphatic heterocycles. The zero-order chi connectivity index (χ0) is 18.5. The third-order valence-electron chi connectivity index (χ3n) is 4.16. The predicted molar refractivity (Wildman–Crippen MR) is 96.0 cm³/mol. The first kappa shape index (κ1) is 18.3. The van der Waals surface area contributed by atoms with Crippen molar-refractivity contribution in [3.8, 4) is 0 Å². The van der Waals surface area contributed by atoms with E-state index in [0.29, 0.717) is 37.6 Å². The van der Waals surface area contributed by atoms with E-state index in [1.165, 1.54) is 4.57 Å². The highest BCUT2D eigenvalue weighted by molar-refractivity contribution is 7.07. The van der Waals surface area contributed by atoms with Crippen molar-refractivity contribution in [2.75, 3.05) is 26.3 Å². The third kappa shape index (κ3) is 4.20. The van der Waals surface area contributed by atoms with E-state index in [1.807, 2.05) is 6.07 Å². The van der Waals surface area contributed by atoms with Gasteiger partial charge in [-0.25, -0.2) is 0 Å². The lowest BCUT2D eigenvalue weighted by Gasteiger charge is -2.30. The molecule has 0 saturated carbocycles. The summed E-state index contributed by atoms with van der Waals surface area (Å²) in [6.45, 7) is 3.38. The van der Waals surface area contributed by atoms with Crippen LogP contribution in [0.25, 0.3) is 0 Å². The molecule has 7 nitrogen and oxygen atoms in total. The maximum absolute atomic E-state index is 12.9. The number of ether oxygens (including phenoxy) is 2. The second-order valence-corrected chi connectivity index (χ2v) is 6.77. The predicted octanol–water partition coefficient (Wildman–Crippen LogP) is 1.36. The molecule has 1 amide bonds. The number of carbonyl (C=O) groups excluding carboxylic acids is 2. The van der Waals surface area contributed by atoms with Gasteiger partial charge in [-0.2, -0.15) is 0 Å². The number of morpholine rings is 1. The van der Waals surface area contributed by atoms with Crippen molar-refractivity contribution in [1.82, 2.24) is 9.47 Å². The number of amides is 1. The molecule has 0 unspecified atom stereocenters. The van der Waals surface area contributed by atoms with E-state index in [4.69, 9.17) is 9.47 Å². The molecule has 1 aromatic carbocycles. The summed E-state index contributed by atoms with van der Waals surface area (Å²) in [5.41, 5.74) is 1.29. The van der Waals surface area contributed by atoms with Crippen molar-refractivity contribution < 1.29 is 19.1 Å². The molecule has 0 radical (unpaired) electrons. The molecule has 2 heterocycles. The highest BCUT2D eigenvalue weighted by Gasteiger charge is 2.30. The Balaban J connectivity index is 1.78. The summed E-state index contributed by atoms with van der Waals surface area (Å²) in [5.74, 6) is -0.897. The molecule has 138 valence electrons. The summed E-state index contributed by atoms with van der Waals surface area (Å²) in [4.78, 5) is 38.5. The van der Waals surface area contributed by atoms with Crippen molar-refractivity contribution in [3.05, 3.63) is 56.6 Å². The molecule has 1 fully saturated rings. The summed E-state index contributed by atoms with van der Waals surface area (Å²) >= 11 is 1.03. The molecule has 1 saturated heterocycles. The lowest BCUT2D eigenvalue weighted by atomic mass is 10.1. The minimum Gasteiger partial charge on any atom is -0.446 e. The van der Waals surface area contributed by atoms with Gasteiger partial charge in [0.2, 0.25) is 6.10 Å². The molecule has 26 heavy (non-hydrogen) atoms. The summed E-state index contributed by atoms with van der Waals surface area (Å²) in [6, 6.07) is 8.90. The summed E-state index contributed by atoms with van der Waals surface area (Å²) in [6.07, 6.45) is -1.03. The van der Waals surface area contributed by atoms with Gasteiger partial charge in [-0.05, 0) is 6.92 Å². The number of hydrogen-bond donors (Lipinski definition) is 0. The molecule has 2 aromatic rings. The monoisotopic (exact) mass is 376 g/mol. The zero-order valence-electron chi connectivity index (χ0n) is 14.4. The molecular weight excluding hydrogens is 356 g/mol. The Morgan fingerprint density at radius 1 is 1.23 bits per heavy atom. The number of aromatic nitrogens is 1. The Labute approximate surface area is 154 Å². The van der Waals surface area contributed by atoms with Crippen LogP contribution in [0.15, 0.2) is 40.5 Å². The Bertz CT molecular complexity index is 824. The quantitative estimate of drug-likeness (QED) is 0.737. The minimum atomic E-state index is -1.03. The lowest BCUT2D eigenvalue weighted by molar-refractivity contribution is -0.163. The van der Waals surface area contributed by atoms with Crippen LogP contribution in [0.3, 0.4) is 0 Å². The van der Waals surface area contributed by atoms with Crippen molar-refractivity contribution in [3.63, 3.8) is 0 Å². The van der Waals surface area contributed by atoms with E-state index in [9.17, 15) is 14.4 Å². The van der Waals surface area contributed by atoms with Crippen LogP contribution in [0, 0.1) is 6.92 Å². The number of carbonyl (C=O) groups is 2. The Kier molecular flexibility index (Phi) is 5.85. The highest BCUT2D eigenvalue weighted by Crippen LogP contribution is 2.21. The number of hydrogen-bond acceptors (Lipinski definition) is 6. The smallest absolute Gasteiger partial charge is 0.327 e. The number of thiazole rings is 1. The second-order valence-electron chi connectivity index (χ2n) is 5.95. The highest BCUT2D eigenvalue weighted by atomic mass is 32.1. The van der Waals surface area contributed by atoms with Gasteiger partial charge in [-0.3, -0.25) is 19.0 Å². The van der Waals surface area contributed by atoms with E-state index in [2.05, 4.69) is 0 Å². The SMILES string of the molecule is Cc1csc(=O)n1CC(=O)O[C@@H](C(=O)N1CCOCC1)c1ccccc1. The van der Waals surface area contributed by atoms with E-state index in [1.54, 1.807) is 41.5 Å². The summed E-state index contributed by atoms with van der Waals surface area (Å²) < 4.78 is 12.1. The molecule has 1 atom stereocenters. The molecule has 8 heteroatoms. The fourth-order valence-electron chi connectivity index (χ4n) is 2.73. The summed E-state index contributed by atoms with van der Waals surface area (Å²) in [7, 11) is 0. The number of nitrogens with zero attached hydrogens (tertiary/aromatic N) is 2. The lowest BCUT2D eigenvalue weighted by Crippen LogP contribution is -2.44. The van der Waals surface area contributed by atoms with Gasteiger partial charge >= 0.3 is 10.8 Å². The van der Waals surface area contributed by atoms with Crippen molar-refractivity contribution >= 4 is 23.2 Å². The maximum Gasteiger partial charge on any atom is 0.327 e. The van der Waals surface area contributed by atoms with Crippen LogP contribution in [-0.4, -0.2) is 47.6 Å². The van der Waals surface area contributed by atoms with Gasteiger partial charge < -0.3 is 14.4 Å². The van der Waals surface area contributed by atoms with Gasteiger partial charge in [0.15, 0.2) is 0 Å². The normalized spacial score (nSPS) is 15.5. The Morgan fingerprint density at radius 2 is 1.92 bits per heavy atom. The first-order valence-electron chi connectivity index (χ1n) is 8.32. The van der Waals surface area contributed by atoms with Crippen LogP contribution >= 0.6 is 11.3 Å². The van der Waals surface area contributed by atoms with Crippen molar-refractivity contribution in [1.29, 1.82) is 0 Å². The van der Waals surface area contributed by atoms with E-state index in [0.717, 1.165) is 11.3 Å². The molecule has 3 rings (SSSR count). The van der Waals surface area contributed by atoms with Crippen LogP contribution in [0.5, 0.6) is 0 Å². The Morgan fingerprint density at radius 3 is 2.54 bits per heavy atom. The fourth-order valence-corrected chi connectivity index (χ4v) is 3.47. The fraction of sp³-hybridized carbons (Fsp3) is 0.389. The molecule has 1 aliphatic rings. The van der Waals surface area contributed by atoms with Gasteiger partial charge in [0.1, 0.15) is 6.54 Å². The topological polar surface area (TPSA) is 77.8 Å². The Hall–Kier alpha value is -2.45.